The Bertz CT molecular complexity index is 1240. The first-order valence-electron chi connectivity index (χ1n) is 12.2. The second-order valence-electron chi connectivity index (χ2n) is 9.34. The predicted molar refractivity (Wildman–Crippen MR) is 128 cm³/mol. The molecule has 1 unspecified atom stereocenters. The number of methoxy groups -OCH3 is 1. The molecule has 1 N–H and O–H groups in total. The molecule has 1 fully saturated rings. The summed E-state index contributed by atoms with van der Waals surface area (Å²) in [6, 6.07) is 9.75. The van der Waals surface area contributed by atoms with Gasteiger partial charge in [-0.15, -0.1) is 0 Å². The highest BCUT2D eigenvalue weighted by Gasteiger charge is 2.39. The molecule has 1 aliphatic carbocycles. The monoisotopic (exact) mass is 536 g/mol. The second-order valence-corrected chi connectivity index (χ2v) is 9.34. The number of alkyl halides is 4. The molecule has 2 atom stereocenters. The third kappa shape index (κ3) is 6.78. The van der Waals surface area contributed by atoms with E-state index in [0.717, 1.165) is 12.7 Å². The zero-order valence-corrected chi connectivity index (χ0v) is 20.7. The van der Waals surface area contributed by atoms with Gasteiger partial charge in [-0.2, -0.15) is 5.10 Å². The average molecular weight is 537 g/mol. The van der Waals surface area contributed by atoms with Gasteiger partial charge in [0.05, 0.1) is 37.2 Å². The van der Waals surface area contributed by atoms with Crippen LogP contribution < -0.4 is 5.32 Å². The van der Waals surface area contributed by atoms with Crippen LogP contribution in [-0.2, 0) is 20.9 Å². The minimum Gasteiger partial charge on any atom is -0.469 e. The van der Waals surface area contributed by atoms with Crippen LogP contribution in [0.4, 0.5) is 22.4 Å². The van der Waals surface area contributed by atoms with E-state index in [1.165, 1.54) is 23.0 Å². The molecule has 2 heterocycles. The van der Waals surface area contributed by atoms with Crippen molar-refractivity contribution in [1.29, 1.82) is 0 Å². The summed E-state index contributed by atoms with van der Waals surface area (Å²) in [6.07, 6.45) is -1.74. The van der Waals surface area contributed by atoms with Crippen LogP contribution in [0.2, 0.25) is 0 Å². The number of halogens is 4. The van der Waals surface area contributed by atoms with Crippen molar-refractivity contribution in [2.45, 2.75) is 63.0 Å². The standard InChI is InChI=1S/C26H28F4N4O4/c1-37-24(35)19(12-21(27)28)18-11-22-32-20(14-34(22)31-13-18)23(17-7-9-26(29,30)10-8-17)33-25(36)38-15-16-5-3-2-4-6-16/h2-6,11,13-14,17,19,21,23H,7-10,12,15H2,1H3,(H,33,36)/t19?,23-/m0/s1. The van der Waals surface area contributed by atoms with Gasteiger partial charge >= 0.3 is 12.1 Å². The van der Waals surface area contributed by atoms with Gasteiger partial charge in [0.1, 0.15) is 6.61 Å². The van der Waals surface area contributed by atoms with Crippen LogP contribution in [0, 0.1) is 5.92 Å². The lowest BCUT2D eigenvalue weighted by atomic mass is 9.81. The second kappa shape index (κ2) is 11.8. The zero-order chi connectivity index (χ0) is 27.3. The molecule has 12 heteroatoms. The molecule has 0 saturated heterocycles. The van der Waals surface area contributed by atoms with Gasteiger partial charge in [-0.25, -0.2) is 31.9 Å². The number of hydrogen-bond acceptors (Lipinski definition) is 6. The van der Waals surface area contributed by atoms with Crippen molar-refractivity contribution in [1.82, 2.24) is 19.9 Å². The van der Waals surface area contributed by atoms with Crippen LogP contribution in [0.3, 0.4) is 0 Å². The molecule has 1 aliphatic rings. The topological polar surface area (TPSA) is 94.8 Å². The summed E-state index contributed by atoms with van der Waals surface area (Å²) in [4.78, 5) is 29.3. The molecule has 1 aromatic carbocycles. The maximum atomic E-state index is 13.9. The van der Waals surface area contributed by atoms with Crippen molar-refractivity contribution in [3.8, 4) is 0 Å². The number of nitrogens with one attached hydrogen (secondary N) is 1. The number of fused-ring (bicyclic) bond motifs is 1. The fourth-order valence-corrected chi connectivity index (χ4v) is 4.66. The maximum Gasteiger partial charge on any atom is 0.408 e. The Balaban J connectivity index is 1.58. The Labute approximate surface area is 216 Å². The number of esters is 1. The average Bonchev–Trinajstić information content (AvgIpc) is 3.32. The summed E-state index contributed by atoms with van der Waals surface area (Å²) in [5, 5.41) is 6.96. The molecule has 2 aromatic heterocycles. The van der Waals surface area contributed by atoms with Crippen molar-refractivity contribution in [2.24, 2.45) is 5.92 Å². The molecule has 0 spiro atoms. The summed E-state index contributed by atoms with van der Waals surface area (Å²) >= 11 is 0. The number of benzene rings is 1. The van der Waals surface area contributed by atoms with E-state index in [2.05, 4.69) is 20.1 Å². The third-order valence-electron chi connectivity index (χ3n) is 6.70. The highest BCUT2D eigenvalue weighted by molar-refractivity contribution is 5.78. The third-order valence-corrected chi connectivity index (χ3v) is 6.70. The van der Waals surface area contributed by atoms with Crippen LogP contribution in [0.5, 0.6) is 0 Å². The lowest BCUT2D eigenvalue weighted by Gasteiger charge is -2.33. The van der Waals surface area contributed by atoms with Crippen molar-refractivity contribution in [3.63, 3.8) is 0 Å². The highest BCUT2D eigenvalue weighted by Crippen LogP contribution is 2.41. The van der Waals surface area contributed by atoms with Crippen LogP contribution in [-0.4, -0.2) is 46.1 Å². The quantitative estimate of drug-likeness (QED) is 0.289. The Hall–Kier alpha value is -3.70. The van der Waals surface area contributed by atoms with Gasteiger partial charge in [0, 0.05) is 19.3 Å². The number of hydrogen-bond donors (Lipinski definition) is 1. The van der Waals surface area contributed by atoms with E-state index < -0.39 is 42.8 Å². The summed E-state index contributed by atoms with van der Waals surface area (Å²) < 4.78 is 65.3. The van der Waals surface area contributed by atoms with Gasteiger partial charge in [0.2, 0.25) is 12.3 Å². The van der Waals surface area contributed by atoms with Crippen molar-refractivity contribution in [3.05, 3.63) is 65.6 Å². The first kappa shape index (κ1) is 27.3. The molecule has 38 heavy (non-hydrogen) atoms. The van der Waals surface area contributed by atoms with Crippen molar-refractivity contribution >= 4 is 17.7 Å². The Morgan fingerprint density at radius 3 is 2.55 bits per heavy atom. The van der Waals surface area contributed by atoms with Crippen LogP contribution >= 0.6 is 0 Å². The fourth-order valence-electron chi connectivity index (χ4n) is 4.66. The van der Waals surface area contributed by atoms with Gasteiger partial charge in [-0.1, -0.05) is 30.3 Å². The number of imidazole rings is 1. The fraction of sp³-hybridized carbons (Fsp3) is 0.462. The van der Waals surface area contributed by atoms with Gasteiger partial charge in [-0.05, 0) is 36.0 Å². The minimum absolute atomic E-state index is 0.0251. The van der Waals surface area contributed by atoms with Crippen molar-refractivity contribution in [2.75, 3.05) is 7.11 Å². The van der Waals surface area contributed by atoms with Gasteiger partial charge in [0.25, 0.3) is 0 Å². The summed E-state index contributed by atoms with van der Waals surface area (Å²) in [6.45, 7) is 0.0251. The Kier molecular flexibility index (Phi) is 8.48. The number of ether oxygens (including phenoxy) is 2. The number of aromatic nitrogens is 3. The normalized spacial score (nSPS) is 17.2. The number of carbonyl (C=O) groups is 2. The van der Waals surface area contributed by atoms with Gasteiger partial charge in [-0.3, -0.25) is 4.79 Å². The predicted octanol–water partition coefficient (Wildman–Crippen LogP) is 5.43. The SMILES string of the molecule is COC(=O)C(CC(F)F)c1cnn2cc([C@@H](NC(=O)OCc3ccccc3)C3CCC(F)(F)CC3)nc2c1. The van der Waals surface area contributed by atoms with Crippen molar-refractivity contribution < 1.29 is 36.6 Å². The summed E-state index contributed by atoms with van der Waals surface area (Å²) in [7, 11) is 1.11. The Morgan fingerprint density at radius 1 is 1.18 bits per heavy atom. The number of alkyl carbamates (subject to hydrolysis) is 1. The zero-order valence-electron chi connectivity index (χ0n) is 20.7. The molecule has 0 aliphatic heterocycles. The molecule has 0 radical (unpaired) electrons. The first-order valence-corrected chi connectivity index (χ1v) is 12.2. The van der Waals surface area contributed by atoms with E-state index in [0.29, 0.717) is 5.69 Å². The number of nitrogens with zero attached hydrogens (tertiary/aromatic N) is 3. The van der Waals surface area contributed by atoms with E-state index in [1.807, 2.05) is 18.2 Å². The van der Waals surface area contributed by atoms with E-state index in [-0.39, 0.29) is 49.4 Å². The van der Waals surface area contributed by atoms with E-state index in [9.17, 15) is 27.2 Å². The smallest absolute Gasteiger partial charge is 0.408 e. The molecule has 8 nitrogen and oxygen atoms in total. The van der Waals surface area contributed by atoms with E-state index >= 15 is 0 Å². The summed E-state index contributed by atoms with van der Waals surface area (Å²) in [5.41, 5.74) is 1.58. The molecule has 204 valence electrons. The van der Waals surface area contributed by atoms with Crippen LogP contribution in [0.1, 0.15) is 60.9 Å². The molecular weight excluding hydrogens is 508 g/mol. The molecule has 1 saturated carbocycles. The van der Waals surface area contributed by atoms with Crippen LogP contribution in [0.15, 0.2) is 48.8 Å². The van der Waals surface area contributed by atoms with E-state index in [4.69, 9.17) is 4.74 Å². The lowest BCUT2D eigenvalue weighted by molar-refractivity contribution is -0.143. The minimum atomic E-state index is -2.77. The summed E-state index contributed by atoms with van der Waals surface area (Å²) in [5.74, 6) is -5.17. The molecular formula is C26H28F4N4O4. The largest absolute Gasteiger partial charge is 0.469 e. The van der Waals surface area contributed by atoms with E-state index in [1.54, 1.807) is 12.1 Å². The number of amides is 1. The lowest BCUT2D eigenvalue weighted by Crippen LogP contribution is -2.37. The van der Waals surface area contributed by atoms with Gasteiger partial charge < -0.3 is 14.8 Å². The molecule has 3 aromatic rings. The number of carbonyl (C=O) groups excluding carboxylic acids is 2. The van der Waals surface area contributed by atoms with Crippen LogP contribution in [0.25, 0.3) is 5.65 Å². The Morgan fingerprint density at radius 2 is 1.89 bits per heavy atom. The van der Waals surface area contributed by atoms with Gasteiger partial charge in [0.15, 0.2) is 5.65 Å². The highest BCUT2D eigenvalue weighted by atomic mass is 19.3. The molecule has 0 bridgehead atoms. The molecule has 4 rings (SSSR count). The molecule has 1 amide bonds. The maximum absolute atomic E-state index is 13.9. The number of rotatable bonds is 9. The first-order chi connectivity index (χ1) is 18.1.